The van der Waals surface area contributed by atoms with E-state index in [4.69, 9.17) is 18.9 Å². The second-order valence-corrected chi connectivity index (χ2v) is 4.31. The van der Waals surface area contributed by atoms with E-state index < -0.39 is 5.79 Å². The molecule has 0 N–H and O–H groups in total. The van der Waals surface area contributed by atoms with Crippen LogP contribution in [0.3, 0.4) is 0 Å². The van der Waals surface area contributed by atoms with Crippen LogP contribution in [-0.4, -0.2) is 43.4 Å². The number of hydrogen-bond acceptors (Lipinski definition) is 4. The predicted molar refractivity (Wildman–Crippen MR) is 43.3 cm³/mol. The number of rotatable bonds is 1. The predicted octanol–water partition coefficient (Wildman–Crippen LogP) is 0.304. The fraction of sp³-hybridized carbons (Fsp3) is 1.00. The van der Waals surface area contributed by atoms with Gasteiger partial charge in [-0.1, -0.05) is 0 Å². The van der Waals surface area contributed by atoms with Gasteiger partial charge in [0, 0.05) is 0 Å². The molecule has 0 aromatic carbocycles. The third kappa shape index (κ3) is 1.29. The van der Waals surface area contributed by atoms with E-state index in [-0.39, 0.29) is 24.4 Å². The molecule has 3 aliphatic heterocycles. The van der Waals surface area contributed by atoms with Gasteiger partial charge in [-0.05, 0) is 13.8 Å². The van der Waals surface area contributed by atoms with Crippen molar-refractivity contribution in [1.82, 2.24) is 0 Å². The summed E-state index contributed by atoms with van der Waals surface area (Å²) in [6.07, 6.45) is 0.506. The highest BCUT2D eigenvalue weighted by Crippen LogP contribution is 2.38. The van der Waals surface area contributed by atoms with Crippen LogP contribution in [0.25, 0.3) is 0 Å². The number of fused-ring (bicyclic) bond motifs is 1. The fourth-order valence-corrected chi connectivity index (χ4v) is 2.14. The van der Waals surface area contributed by atoms with E-state index in [2.05, 4.69) is 0 Å². The van der Waals surface area contributed by atoms with Gasteiger partial charge in [-0.2, -0.15) is 0 Å². The van der Waals surface area contributed by atoms with Crippen molar-refractivity contribution in [3.8, 4) is 0 Å². The highest BCUT2D eigenvalue weighted by atomic mass is 16.8. The lowest BCUT2D eigenvalue weighted by atomic mass is 10.1. The first kappa shape index (κ1) is 8.17. The molecule has 0 aromatic heterocycles. The van der Waals surface area contributed by atoms with E-state index in [9.17, 15) is 0 Å². The van der Waals surface area contributed by atoms with E-state index in [1.165, 1.54) is 0 Å². The lowest BCUT2D eigenvalue weighted by Crippen LogP contribution is -2.33. The molecule has 3 saturated heterocycles. The van der Waals surface area contributed by atoms with Crippen molar-refractivity contribution in [1.29, 1.82) is 0 Å². The summed E-state index contributed by atoms with van der Waals surface area (Å²) in [5, 5.41) is 0. The van der Waals surface area contributed by atoms with Crippen LogP contribution >= 0.6 is 0 Å². The van der Waals surface area contributed by atoms with Gasteiger partial charge in [-0.3, -0.25) is 0 Å². The molecule has 3 fully saturated rings. The average molecular weight is 186 g/mol. The molecule has 0 aliphatic carbocycles. The Kier molecular flexibility index (Phi) is 1.54. The van der Waals surface area contributed by atoms with Crippen LogP contribution in [0.4, 0.5) is 0 Å². The Labute approximate surface area is 77.1 Å². The Balaban J connectivity index is 1.76. The van der Waals surface area contributed by atoms with Gasteiger partial charge in [-0.25, -0.2) is 0 Å². The monoisotopic (exact) mass is 186 g/mol. The Morgan fingerprint density at radius 3 is 2.38 bits per heavy atom. The molecule has 4 atom stereocenters. The highest BCUT2D eigenvalue weighted by molar-refractivity contribution is 4.98. The zero-order chi connectivity index (χ0) is 9.05. The van der Waals surface area contributed by atoms with Crippen molar-refractivity contribution in [2.75, 3.05) is 13.2 Å². The van der Waals surface area contributed by atoms with Crippen LogP contribution in [0, 0.1) is 0 Å². The summed E-state index contributed by atoms with van der Waals surface area (Å²) in [6.45, 7) is 5.32. The molecule has 0 spiro atoms. The van der Waals surface area contributed by atoms with Gasteiger partial charge in [0.05, 0.1) is 13.2 Å². The summed E-state index contributed by atoms with van der Waals surface area (Å²) < 4.78 is 22.2. The molecule has 0 radical (unpaired) electrons. The summed E-state index contributed by atoms with van der Waals surface area (Å²) in [7, 11) is 0. The Morgan fingerprint density at radius 2 is 1.69 bits per heavy atom. The Morgan fingerprint density at radius 1 is 0.923 bits per heavy atom. The molecule has 0 saturated carbocycles. The minimum absolute atomic E-state index is 0.0718. The summed E-state index contributed by atoms with van der Waals surface area (Å²) >= 11 is 0. The summed E-state index contributed by atoms with van der Waals surface area (Å²) in [5.41, 5.74) is 0. The van der Waals surface area contributed by atoms with Gasteiger partial charge in [0.2, 0.25) is 0 Å². The lowest BCUT2D eigenvalue weighted by molar-refractivity contribution is -0.176. The lowest BCUT2D eigenvalue weighted by Gasteiger charge is -2.20. The van der Waals surface area contributed by atoms with E-state index in [0.717, 1.165) is 6.61 Å². The number of epoxide rings is 1. The molecule has 4 heteroatoms. The molecule has 74 valence electrons. The fourth-order valence-electron chi connectivity index (χ4n) is 2.14. The SMILES string of the molecule is CC1(C)O[C@H]2[C@H]([C@@H]3CO3)OC[C@@H]2O1. The van der Waals surface area contributed by atoms with Crippen LogP contribution in [0.1, 0.15) is 13.8 Å². The average Bonchev–Trinajstić information content (AvgIpc) is 2.72. The van der Waals surface area contributed by atoms with Crippen molar-refractivity contribution < 1.29 is 18.9 Å². The third-order valence-corrected chi connectivity index (χ3v) is 2.72. The smallest absolute Gasteiger partial charge is 0.164 e. The molecule has 3 aliphatic rings. The standard InChI is InChI=1S/C9H14O4/c1-9(2)12-6-4-11-7(5-3-10-5)8(6)13-9/h5-8H,3-4H2,1-2H3/t5-,6-,7-,8+/m0/s1. The van der Waals surface area contributed by atoms with Crippen molar-refractivity contribution in [3.63, 3.8) is 0 Å². The molecule has 0 aromatic rings. The maximum atomic E-state index is 5.76. The van der Waals surface area contributed by atoms with Crippen molar-refractivity contribution in [2.24, 2.45) is 0 Å². The van der Waals surface area contributed by atoms with Crippen LogP contribution in [0.5, 0.6) is 0 Å². The van der Waals surface area contributed by atoms with E-state index >= 15 is 0 Å². The topological polar surface area (TPSA) is 40.2 Å². The molecule has 0 unspecified atom stereocenters. The number of hydrogen-bond donors (Lipinski definition) is 0. The van der Waals surface area contributed by atoms with Gasteiger partial charge in [0.1, 0.15) is 24.4 Å². The van der Waals surface area contributed by atoms with Gasteiger partial charge in [0.15, 0.2) is 5.79 Å². The molecule has 0 amide bonds. The zero-order valence-corrected chi connectivity index (χ0v) is 7.86. The van der Waals surface area contributed by atoms with Crippen LogP contribution in [0.15, 0.2) is 0 Å². The molecule has 3 rings (SSSR count). The molecule has 0 bridgehead atoms. The first-order chi connectivity index (χ1) is 6.16. The first-order valence-electron chi connectivity index (χ1n) is 4.74. The van der Waals surface area contributed by atoms with Crippen LogP contribution in [0.2, 0.25) is 0 Å². The van der Waals surface area contributed by atoms with Crippen molar-refractivity contribution in [3.05, 3.63) is 0 Å². The summed E-state index contributed by atoms with van der Waals surface area (Å²) in [4.78, 5) is 0. The second kappa shape index (κ2) is 2.45. The zero-order valence-electron chi connectivity index (χ0n) is 7.86. The third-order valence-electron chi connectivity index (χ3n) is 2.72. The summed E-state index contributed by atoms with van der Waals surface area (Å²) in [5.74, 6) is -0.452. The normalized spacial score (nSPS) is 52.2. The quantitative estimate of drug-likeness (QED) is 0.552. The van der Waals surface area contributed by atoms with Crippen LogP contribution in [-0.2, 0) is 18.9 Å². The van der Waals surface area contributed by atoms with Crippen molar-refractivity contribution in [2.45, 2.75) is 44.1 Å². The van der Waals surface area contributed by atoms with E-state index in [0.29, 0.717) is 6.61 Å². The highest BCUT2D eigenvalue weighted by Gasteiger charge is 2.55. The van der Waals surface area contributed by atoms with Crippen LogP contribution < -0.4 is 0 Å². The van der Waals surface area contributed by atoms with Gasteiger partial charge < -0.3 is 18.9 Å². The van der Waals surface area contributed by atoms with Gasteiger partial charge >= 0.3 is 0 Å². The first-order valence-corrected chi connectivity index (χ1v) is 4.74. The van der Waals surface area contributed by atoms with Crippen molar-refractivity contribution >= 4 is 0 Å². The molecule has 3 heterocycles. The molecule has 13 heavy (non-hydrogen) atoms. The molecule has 4 nitrogen and oxygen atoms in total. The largest absolute Gasteiger partial charge is 0.370 e. The van der Waals surface area contributed by atoms with E-state index in [1.54, 1.807) is 0 Å². The molecular formula is C9H14O4. The maximum Gasteiger partial charge on any atom is 0.164 e. The number of ether oxygens (including phenoxy) is 4. The maximum absolute atomic E-state index is 5.76. The second-order valence-electron chi connectivity index (χ2n) is 4.31. The minimum atomic E-state index is -0.452. The van der Waals surface area contributed by atoms with E-state index in [1.807, 2.05) is 13.8 Å². The molecular weight excluding hydrogens is 172 g/mol. The Hall–Kier alpha value is -0.160. The van der Waals surface area contributed by atoms with Gasteiger partial charge in [0.25, 0.3) is 0 Å². The Bertz CT molecular complexity index is 224. The minimum Gasteiger partial charge on any atom is -0.370 e. The summed E-state index contributed by atoms with van der Waals surface area (Å²) in [6, 6.07) is 0. The van der Waals surface area contributed by atoms with Gasteiger partial charge in [-0.15, -0.1) is 0 Å².